The van der Waals surface area contributed by atoms with Crippen molar-refractivity contribution in [2.45, 2.75) is 17.7 Å². The zero-order chi connectivity index (χ0) is 15.5. The highest BCUT2D eigenvalue weighted by atomic mass is 32.2. The summed E-state index contributed by atoms with van der Waals surface area (Å²) < 4.78 is 31.7. The minimum atomic E-state index is -3.80. The summed E-state index contributed by atoms with van der Waals surface area (Å²) in [6, 6.07) is 3.26. The Bertz CT molecular complexity index is 628. The Morgan fingerprint density at radius 2 is 2.14 bits per heavy atom. The van der Waals surface area contributed by atoms with Crippen molar-refractivity contribution in [3.63, 3.8) is 0 Å². The molecular weight excluding hydrogens is 298 g/mol. The van der Waals surface area contributed by atoms with Gasteiger partial charge in [-0.25, -0.2) is 13.1 Å². The van der Waals surface area contributed by atoms with Crippen LogP contribution in [0, 0.1) is 16.0 Å². The Morgan fingerprint density at radius 3 is 2.71 bits per heavy atom. The number of hydrogen-bond donors (Lipinski definition) is 2. The molecule has 1 fully saturated rings. The average Bonchev–Trinajstić information content (AvgIpc) is 3.21. The van der Waals surface area contributed by atoms with Crippen LogP contribution in [0.15, 0.2) is 23.1 Å². The van der Waals surface area contributed by atoms with Gasteiger partial charge in [-0.2, -0.15) is 0 Å². The lowest BCUT2D eigenvalue weighted by atomic mass is 10.3. The highest BCUT2D eigenvalue weighted by Crippen LogP contribution is 2.28. The number of benzene rings is 1. The van der Waals surface area contributed by atoms with Gasteiger partial charge in [-0.3, -0.25) is 10.1 Å². The number of nitro benzene ring substituents is 1. The SMILES string of the molecule is Nc1cc([N+](=O)[O-])ccc1S(=O)(=O)NCCOCC1CC1. The van der Waals surface area contributed by atoms with Crippen molar-refractivity contribution in [2.24, 2.45) is 5.92 Å². The van der Waals surface area contributed by atoms with Gasteiger partial charge in [-0.05, 0) is 24.8 Å². The first-order valence-corrected chi connectivity index (χ1v) is 8.00. The third-order valence-corrected chi connectivity index (χ3v) is 4.62. The predicted molar refractivity (Wildman–Crippen MR) is 76.2 cm³/mol. The monoisotopic (exact) mass is 315 g/mol. The van der Waals surface area contributed by atoms with Crippen molar-refractivity contribution in [1.82, 2.24) is 4.72 Å². The number of nitrogens with one attached hydrogen (secondary N) is 1. The van der Waals surface area contributed by atoms with E-state index < -0.39 is 14.9 Å². The van der Waals surface area contributed by atoms with Crippen LogP contribution in [-0.2, 0) is 14.8 Å². The van der Waals surface area contributed by atoms with Crippen molar-refractivity contribution in [1.29, 1.82) is 0 Å². The fourth-order valence-corrected chi connectivity index (χ4v) is 2.88. The molecule has 3 N–H and O–H groups in total. The quantitative estimate of drug-likeness (QED) is 0.317. The van der Waals surface area contributed by atoms with E-state index >= 15 is 0 Å². The fraction of sp³-hybridized carbons (Fsp3) is 0.500. The van der Waals surface area contributed by atoms with E-state index in [-0.39, 0.29) is 29.4 Å². The Balaban J connectivity index is 1.92. The van der Waals surface area contributed by atoms with Crippen LogP contribution in [-0.4, -0.2) is 33.1 Å². The lowest BCUT2D eigenvalue weighted by Crippen LogP contribution is -2.28. The minimum Gasteiger partial charge on any atom is -0.397 e. The van der Waals surface area contributed by atoms with Crippen molar-refractivity contribution in [3.8, 4) is 0 Å². The molecule has 0 heterocycles. The molecule has 0 radical (unpaired) electrons. The summed E-state index contributed by atoms with van der Waals surface area (Å²) in [5, 5.41) is 10.6. The number of anilines is 1. The van der Waals surface area contributed by atoms with Crippen LogP contribution >= 0.6 is 0 Å². The average molecular weight is 315 g/mol. The molecule has 1 aliphatic rings. The summed E-state index contributed by atoms with van der Waals surface area (Å²) >= 11 is 0. The summed E-state index contributed by atoms with van der Waals surface area (Å²) in [4.78, 5) is 9.78. The van der Waals surface area contributed by atoms with Gasteiger partial charge in [-0.15, -0.1) is 0 Å². The molecule has 0 spiro atoms. The first-order valence-electron chi connectivity index (χ1n) is 6.51. The highest BCUT2D eigenvalue weighted by molar-refractivity contribution is 7.89. The van der Waals surface area contributed by atoms with Gasteiger partial charge < -0.3 is 10.5 Å². The molecule has 1 aliphatic carbocycles. The van der Waals surface area contributed by atoms with Crippen molar-refractivity contribution < 1.29 is 18.1 Å². The van der Waals surface area contributed by atoms with E-state index in [2.05, 4.69) is 4.72 Å². The molecule has 0 aromatic heterocycles. The third-order valence-electron chi connectivity index (χ3n) is 3.08. The van der Waals surface area contributed by atoms with Crippen molar-refractivity contribution in [2.75, 3.05) is 25.5 Å². The second-order valence-corrected chi connectivity index (χ2v) is 6.63. The van der Waals surface area contributed by atoms with E-state index in [4.69, 9.17) is 10.5 Å². The summed E-state index contributed by atoms with van der Waals surface area (Å²) in [5.74, 6) is 0.618. The number of ether oxygens (including phenoxy) is 1. The normalized spacial score (nSPS) is 15.0. The summed E-state index contributed by atoms with van der Waals surface area (Å²) in [6.07, 6.45) is 2.34. The molecule has 2 rings (SSSR count). The van der Waals surface area contributed by atoms with Crippen LogP contribution in [0.2, 0.25) is 0 Å². The van der Waals surface area contributed by atoms with Crippen LogP contribution in [0.1, 0.15) is 12.8 Å². The summed E-state index contributed by atoms with van der Waals surface area (Å²) in [6.45, 7) is 1.06. The Hall–Kier alpha value is -1.71. The fourth-order valence-electron chi connectivity index (χ4n) is 1.75. The molecule has 0 atom stereocenters. The molecule has 1 saturated carbocycles. The topological polar surface area (TPSA) is 125 Å². The highest BCUT2D eigenvalue weighted by Gasteiger charge is 2.22. The van der Waals surface area contributed by atoms with Crippen LogP contribution in [0.4, 0.5) is 11.4 Å². The third kappa shape index (κ3) is 4.38. The number of non-ortho nitro benzene ring substituents is 1. The number of hydrogen-bond acceptors (Lipinski definition) is 6. The second kappa shape index (κ2) is 6.37. The minimum absolute atomic E-state index is 0.130. The molecule has 8 nitrogen and oxygen atoms in total. The molecule has 0 unspecified atom stereocenters. The van der Waals surface area contributed by atoms with E-state index in [1.54, 1.807) is 0 Å². The first kappa shape index (κ1) is 15.7. The number of nitrogens with zero attached hydrogens (tertiary/aromatic N) is 1. The van der Waals surface area contributed by atoms with Crippen molar-refractivity contribution >= 4 is 21.4 Å². The molecule has 0 bridgehead atoms. The number of sulfonamides is 1. The smallest absolute Gasteiger partial charge is 0.271 e. The van der Waals surface area contributed by atoms with Gasteiger partial charge in [0.05, 0.1) is 17.2 Å². The first-order chi connectivity index (χ1) is 9.90. The van der Waals surface area contributed by atoms with Gasteiger partial charge in [0, 0.05) is 25.3 Å². The van der Waals surface area contributed by atoms with Gasteiger partial charge in [0.15, 0.2) is 0 Å². The zero-order valence-corrected chi connectivity index (χ0v) is 12.1. The molecule has 0 amide bonds. The number of nitrogen functional groups attached to an aromatic ring is 1. The van der Waals surface area contributed by atoms with Gasteiger partial charge in [0.1, 0.15) is 4.90 Å². The lowest BCUT2D eigenvalue weighted by molar-refractivity contribution is -0.384. The molecule has 21 heavy (non-hydrogen) atoms. The Labute approximate surface area is 122 Å². The zero-order valence-electron chi connectivity index (χ0n) is 11.3. The van der Waals surface area contributed by atoms with Gasteiger partial charge in [0.2, 0.25) is 10.0 Å². The maximum absolute atomic E-state index is 12.0. The molecule has 9 heteroatoms. The van der Waals surface area contributed by atoms with E-state index in [0.29, 0.717) is 12.5 Å². The van der Waals surface area contributed by atoms with E-state index in [9.17, 15) is 18.5 Å². The van der Waals surface area contributed by atoms with Gasteiger partial charge in [-0.1, -0.05) is 0 Å². The molecule has 0 aliphatic heterocycles. The Kier molecular flexibility index (Phi) is 4.76. The maximum Gasteiger partial charge on any atom is 0.271 e. The molecule has 1 aromatic rings. The number of nitro groups is 1. The van der Waals surface area contributed by atoms with Crippen LogP contribution in [0.3, 0.4) is 0 Å². The van der Waals surface area contributed by atoms with Gasteiger partial charge >= 0.3 is 0 Å². The number of rotatable bonds is 8. The lowest BCUT2D eigenvalue weighted by Gasteiger charge is -2.09. The predicted octanol–water partition coefficient (Wildman–Crippen LogP) is 0.882. The maximum atomic E-state index is 12.0. The van der Waals surface area contributed by atoms with E-state index in [0.717, 1.165) is 18.2 Å². The molecule has 116 valence electrons. The van der Waals surface area contributed by atoms with Crippen LogP contribution in [0.5, 0.6) is 0 Å². The molecule has 1 aromatic carbocycles. The van der Waals surface area contributed by atoms with E-state index in [1.807, 2.05) is 0 Å². The standard InChI is InChI=1S/C12H17N3O5S/c13-11-7-10(15(16)17)3-4-12(11)21(18,19)14-5-6-20-8-9-1-2-9/h3-4,7,9,14H,1-2,5-6,8,13H2. The molecular formula is C12H17N3O5S. The molecule has 0 saturated heterocycles. The second-order valence-electron chi connectivity index (χ2n) is 4.90. The number of nitrogens with two attached hydrogens (primary N) is 1. The van der Waals surface area contributed by atoms with Crippen LogP contribution in [0.25, 0.3) is 0 Å². The summed E-state index contributed by atoms with van der Waals surface area (Å²) in [5.41, 5.74) is 5.16. The summed E-state index contributed by atoms with van der Waals surface area (Å²) in [7, 11) is -3.80. The van der Waals surface area contributed by atoms with Gasteiger partial charge in [0.25, 0.3) is 5.69 Å². The van der Waals surface area contributed by atoms with Crippen LogP contribution < -0.4 is 10.5 Å². The Morgan fingerprint density at radius 1 is 1.43 bits per heavy atom. The van der Waals surface area contributed by atoms with E-state index in [1.165, 1.54) is 12.8 Å². The van der Waals surface area contributed by atoms with Crippen molar-refractivity contribution in [3.05, 3.63) is 28.3 Å². The largest absolute Gasteiger partial charge is 0.397 e.